The predicted octanol–water partition coefficient (Wildman–Crippen LogP) is 2.40. The van der Waals surface area contributed by atoms with E-state index in [1.807, 2.05) is 23.1 Å². The van der Waals surface area contributed by atoms with Gasteiger partial charge in [0.1, 0.15) is 0 Å². The molecule has 1 aromatic carbocycles. The van der Waals surface area contributed by atoms with Crippen LogP contribution in [0, 0.1) is 9.49 Å². The van der Waals surface area contributed by atoms with E-state index in [1.54, 1.807) is 0 Å². The average molecular weight is 449 g/mol. The van der Waals surface area contributed by atoms with Gasteiger partial charge in [-0.25, -0.2) is 0 Å². The summed E-state index contributed by atoms with van der Waals surface area (Å²) in [5.74, 6) is 0.0741. The Morgan fingerprint density at radius 2 is 2.25 bits per heavy atom. The fourth-order valence-corrected chi connectivity index (χ4v) is 3.93. The van der Waals surface area contributed by atoms with E-state index in [4.69, 9.17) is 0 Å². The van der Waals surface area contributed by atoms with E-state index < -0.39 is 0 Å². The van der Waals surface area contributed by atoms with Gasteiger partial charge in [0, 0.05) is 21.1 Å². The molecule has 6 heteroatoms. The molecule has 2 aliphatic heterocycles. The first-order valence-corrected chi connectivity index (χ1v) is 8.49. The Hall–Kier alpha value is -0.630. The summed E-state index contributed by atoms with van der Waals surface area (Å²) >= 11 is 5.65. The van der Waals surface area contributed by atoms with E-state index in [9.17, 15) is 9.59 Å². The molecule has 2 saturated heterocycles. The van der Waals surface area contributed by atoms with Crippen LogP contribution < -0.4 is 5.32 Å². The van der Waals surface area contributed by atoms with Crippen LogP contribution in [0.4, 0.5) is 0 Å². The van der Waals surface area contributed by atoms with Crippen molar-refractivity contribution >= 4 is 50.3 Å². The van der Waals surface area contributed by atoms with Crippen LogP contribution in [0.5, 0.6) is 0 Å². The van der Waals surface area contributed by atoms with Crippen molar-refractivity contribution in [2.24, 2.45) is 5.92 Å². The molecular weight excluding hydrogens is 435 g/mol. The number of amides is 2. The summed E-state index contributed by atoms with van der Waals surface area (Å²) in [6, 6.07) is 5.75. The number of benzene rings is 1. The normalized spacial score (nSPS) is 25.3. The van der Waals surface area contributed by atoms with Crippen molar-refractivity contribution in [3.05, 3.63) is 31.8 Å². The number of piperidine rings is 1. The third-order valence-corrected chi connectivity index (χ3v) is 5.38. The van der Waals surface area contributed by atoms with Crippen molar-refractivity contribution in [3.8, 4) is 0 Å². The Morgan fingerprint density at radius 1 is 1.45 bits per heavy atom. The minimum absolute atomic E-state index is 0.00789. The van der Waals surface area contributed by atoms with Gasteiger partial charge >= 0.3 is 0 Å². The van der Waals surface area contributed by atoms with Crippen molar-refractivity contribution in [1.29, 1.82) is 0 Å². The lowest BCUT2D eigenvalue weighted by molar-refractivity contribution is -0.123. The third kappa shape index (κ3) is 2.47. The second-order valence-electron chi connectivity index (χ2n) is 5.18. The summed E-state index contributed by atoms with van der Waals surface area (Å²) in [5, 5.41) is 2.88. The number of nitrogens with zero attached hydrogens (tertiary/aromatic N) is 1. The van der Waals surface area contributed by atoms with Crippen LogP contribution in [0.3, 0.4) is 0 Å². The van der Waals surface area contributed by atoms with Crippen molar-refractivity contribution in [1.82, 2.24) is 10.2 Å². The lowest BCUT2D eigenvalue weighted by Gasteiger charge is -2.36. The molecule has 2 aliphatic rings. The van der Waals surface area contributed by atoms with Gasteiger partial charge in [0.15, 0.2) is 0 Å². The molecule has 20 heavy (non-hydrogen) atoms. The van der Waals surface area contributed by atoms with E-state index >= 15 is 0 Å². The number of rotatable bonds is 1. The Balaban J connectivity index is 1.90. The molecule has 2 unspecified atom stereocenters. The molecule has 106 valence electrons. The van der Waals surface area contributed by atoms with Gasteiger partial charge in [-0.1, -0.05) is 0 Å². The molecule has 4 nitrogen and oxygen atoms in total. The monoisotopic (exact) mass is 448 g/mol. The molecule has 2 atom stereocenters. The van der Waals surface area contributed by atoms with Gasteiger partial charge in [0.25, 0.3) is 5.91 Å². The van der Waals surface area contributed by atoms with Crippen LogP contribution in [-0.4, -0.2) is 35.8 Å². The number of halogens is 2. The molecule has 0 bridgehead atoms. The van der Waals surface area contributed by atoms with Gasteiger partial charge in [0.2, 0.25) is 5.91 Å². The minimum atomic E-state index is -0.0331. The van der Waals surface area contributed by atoms with E-state index in [1.165, 1.54) is 0 Å². The van der Waals surface area contributed by atoms with Gasteiger partial charge in [-0.15, -0.1) is 0 Å². The number of fused-ring (bicyclic) bond motifs is 1. The van der Waals surface area contributed by atoms with Gasteiger partial charge in [-0.2, -0.15) is 0 Å². The van der Waals surface area contributed by atoms with Gasteiger partial charge < -0.3 is 10.2 Å². The number of hydrogen-bond donors (Lipinski definition) is 1. The molecule has 3 rings (SSSR count). The van der Waals surface area contributed by atoms with Crippen LogP contribution in [0.15, 0.2) is 22.7 Å². The zero-order valence-corrected chi connectivity index (χ0v) is 14.5. The van der Waals surface area contributed by atoms with Gasteiger partial charge in [0.05, 0.1) is 17.5 Å². The maximum Gasteiger partial charge on any atom is 0.255 e. The highest BCUT2D eigenvalue weighted by atomic mass is 127. The number of hydrogen-bond acceptors (Lipinski definition) is 2. The summed E-state index contributed by atoms with van der Waals surface area (Å²) in [4.78, 5) is 26.4. The summed E-state index contributed by atoms with van der Waals surface area (Å²) in [5.41, 5.74) is 0.678. The lowest BCUT2D eigenvalue weighted by atomic mass is 9.91. The smallest absolute Gasteiger partial charge is 0.255 e. The number of nitrogens with one attached hydrogen (secondary N) is 1. The van der Waals surface area contributed by atoms with E-state index in [-0.39, 0.29) is 23.8 Å². The zero-order chi connectivity index (χ0) is 14.3. The average Bonchev–Trinajstić information content (AvgIpc) is 2.83. The number of likely N-dealkylation sites (tertiary alicyclic amines) is 1. The van der Waals surface area contributed by atoms with E-state index in [2.05, 4.69) is 43.8 Å². The fourth-order valence-electron chi connectivity index (χ4n) is 3.02. The molecular formula is C14H14BrIN2O2. The van der Waals surface area contributed by atoms with Gasteiger partial charge in [-0.05, 0) is 69.6 Å². The first-order valence-electron chi connectivity index (χ1n) is 6.61. The highest BCUT2D eigenvalue weighted by molar-refractivity contribution is 14.1. The first kappa shape index (κ1) is 14.3. The Labute approximate surface area is 139 Å². The second kappa shape index (κ2) is 5.63. The number of carbonyl (C=O) groups is 2. The first-order chi connectivity index (χ1) is 9.58. The van der Waals surface area contributed by atoms with E-state index in [0.717, 1.165) is 27.4 Å². The van der Waals surface area contributed by atoms with Crippen molar-refractivity contribution < 1.29 is 9.59 Å². The third-order valence-electron chi connectivity index (χ3n) is 4.02. The highest BCUT2D eigenvalue weighted by Crippen LogP contribution is 2.30. The van der Waals surface area contributed by atoms with Crippen LogP contribution in [-0.2, 0) is 4.79 Å². The largest absolute Gasteiger partial charge is 0.354 e. The van der Waals surface area contributed by atoms with Gasteiger partial charge in [-0.3, -0.25) is 9.59 Å². The predicted molar refractivity (Wildman–Crippen MR) is 87.4 cm³/mol. The standard InChI is InChI=1S/C14H14BrIN2O2/c15-11-4-3-8(16)6-10(11)14(20)18-5-1-2-9-12(18)7-17-13(9)19/h3-4,6,9,12H,1-2,5,7H2,(H,17,19). The van der Waals surface area contributed by atoms with Crippen LogP contribution >= 0.6 is 38.5 Å². The molecule has 2 heterocycles. The maximum atomic E-state index is 12.8. The molecule has 0 aromatic heterocycles. The molecule has 2 fully saturated rings. The summed E-state index contributed by atoms with van der Waals surface area (Å²) in [6.07, 6.45) is 1.77. The SMILES string of the molecule is O=C1NCC2C1CCCN2C(=O)c1cc(I)ccc1Br. The van der Waals surface area contributed by atoms with Crippen LogP contribution in [0.2, 0.25) is 0 Å². The molecule has 0 spiro atoms. The van der Waals surface area contributed by atoms with Crippen molar-refractivity contribution in [2.75, 3.05) is 13.1 Å². The summed E-state index contributed by atoms with van der Waals surface area (Å²) in [7, 11) is 0. The second-order valence-corrected chi connectivity index (χ2v) is 7.28. The molecule has 1 N–H and O–H groups in total. The summed E-state index contributed by atoms with van der Waals surface area (Å²) in [6.45, 7) is 1.31. The number of carbonyl (C=O) groups excluding carboxylic acids is 2. The Kier molecular flexibility index (Phi) is 4.03. The topological polar surface area (TPSA) is 49.4 Å². The van der Waals surface area contributed by atoms with Crippen molar-refractivity contribution in [2.45, 2.75) is 18.9 Å². The fraction of sp³-hybridized carbons (Fsp3) is 0.429. The molecule has 2 amide bonds. The quantitative estimate of drug-likeness (QED) is 0.670. The minimum Gasteiger partial charge on any atom is -0.354 e. The van der Waals surface area contributed by atoms with Crippen LogP contribution in [0.1, 0.15) is 23.2 Å². The van der Waals surface area contributed by atoms with Crippen molar-refractivity contribution in [3.63, 3.8) is 0 Å². The Bertz CT molecular complexity index is 578. The lowest BCUT2D eigenvalue weighted by Crippen LogP contribution is -2.48. The molecule has 0 radical (unpaired) electrons. The van der Waals surface area contributed by atoms with Crippen LogP contribution in [0.25, 0.3) is 0 Å². The molecule has 1 aromatic rings. The molecule has 0 saturated carbocycles. The summed E-state index contributed by atoms with van der Waals surface area (Å²) < 4.78 is 1.84. The maximum absolute atomic E-state index is 12.8. The molecule has 0 aliphatic carbocycles. The Morgan fingerprint density at radius 3 is 3.05 bits per heavy atom. The highest BCUT2D eigenvalue weighted by Gasteiger charge is 2.42. The van der Waals surface area contributed by atoms with E-state index in [0.29, 0.717) is 12.1 Å². The zero-order valence-electron chi connectivity index (χ0n) is 10.7.